The first-order valence-electron chi connectivity index (χ1n) is 41.8. The fourth-order valence-electron chi connectivity index (χ4n) is 12.4. The number of aliphatic hydroxyl groups is 1. The molecule has 3 N–H and O–H groups in total. The smallest absolute Gasteiger partial charge is 0.462 e. The Morgan fingerprint density at radius 2 is 0.480 bits per heavy atom. The molecule has 594 valence electrons. The number of carbonyl (C=O) groups is 4. The molecule has 0 spiro atoms. The second kappa shape index (κ2) is 70.1. The maximum Gasteiger partial charge on any atom is 0.472 e. The number of aliphatic hydroxyl groups excluding tert-OH is 1. The first-order valence-corrected chi connectivity index (χ1v) is 44.8. The molecule has 0 aliphatic rings. The zero-order valence-electron chi connectivity index (χ0n) is 65.8. The monoisotopic (exact) mass is 1470 g/mol. The summed E-state index contributed by atoms with van der Waals surface area (Å²) in [7, 11) is -9.92. The quantitative estimate of drug-likeness (QED) is 0.0222. The molecule has 0 heterocycles. The highest BCUT2D eigenvalue weighted by Crippen LogP contribution is 2.45. The molecule has 100 heavy (non-hydrogen) atoms. The number of rotatable bonds is 78. The highest BCUT2D eigenvalue weighted by atomic mass is 31.2. The van der Waals surface area contributed by atoms with Crippen molar-refractivity contribution in [3.63, 3.8) is 0 Å². The third kappa shape index (κ3) is 71.7. The van der Waals surface area contributed by atoms with Crippen molar-refractivity contribution in [2.45, 2.75) is 433 Å². The summed E-state index contributed by atoms with van der Waals surface area (Å²) < 4.78 is 68.6. The van der Waals surface area contributed by atoms with Crippen LogP contribution in [0.15, 0.2) is 0 Å². The van der Waals surface area contributed by atoms with E-state index in [1.165, 1.54) is 212 Å². The fraction of sp³-hybridized carbons (Fsp3) is 0.951. The SMILES string of the molecule is CCC(C)CCCCCCCCCCCCCCCCCCCCC(=O)O[C@H](COC(=O)CCCCCCCCCCCCCCCCCC(C)C)COP(=O)(O)OCC(O)COP(=O)(O)OC[C@@H](COC(=O)CCCCCCCCCC(C)C)OC(=O)CCCCCCCCC(C)CC. The van der Waals surface area contributed by atoms with Crippen LogP contribution in [-0.4, -0.2) is 96.7 Å². The molecule has 0 rings (SSSR count). The van der Waals surface area contributed by atoms with Crippen LogP contribution in [-0.2, 0) is 65.4 Å². The van der Waals surface area contributed by atoms with Crippen LogP contribution >= 0.6 is 15.6 Å². The Balaban J connectivity index is 5.20. The van der Waals surface area contributed by atoms with Gasteiger partial charge < -0.3 is 33.8 Å². The van der Waals surface area contributed by atoms with Crippen LogP contribution in [0.5, 0.6) is 0 Å². The van der Waals surface area contributed by atoms with Gasteiger partial charge in [-0.15, -0.1) is 0 Å². The first kappa shape index (κ1) is 98.1. The predicted molar refractivity (Wildman–Crippen MR) is 409 cm³/mol. The Kier molecular flexibility index (Phi) is 68.7. The lowest BCUT2D eigenvalue weighted by atomic mass is 9.99. The van der Waals surface area contributed by atoms with Gasteiger partial charge in [0, 0.05) is 25.7 Å². The van der Waals surface area contributed by atoms with Gasteiger partial charge in [-0.3, -0.25) is 37.3 Å². The lowest BCUT2D eigenvalue weighted by molar-refractivity contribution is -0.161. The van der Waals surface area contributed by atoms with E-state index in [1.54, 1.807) is 0 Å². The first-order chi connectivity index (χ1) is 48.2. The zero-order chi connectivity index (χ0) is 73.8. The minimum Gasteiger partial charge on any atom is -0.462 e. The van der Waals surface area contributed by atoms with Crippen molar-refractivity contribution in [2.75, 3.05) is 39.6 Å². The van der Waals surface area contributed by atoms with Gasteiger partial charge in [0.05, 0.1) is 26.4 Å². The molecular weight excluding hydrogens is 1310 g/mol. The van der Waals surface area contributed by atoms with Gasteiger partial charge in [-0.1, -0.05) is 364 Å². The maximum atomic E-state index is 13.1. The number of phosphoric ester groups is 2. The van der Waals surface area contributed by atoms with Crippen LogP contribution in [0.2, 0.25) is 0 Å². The summed E-state index contributed by atoms with van der Waals surface area (Å²) in [4.78, 5) is 72.9. The van der Waals surface area contributed by atoms with Gasteiger partial charge in [0.2, 0.25) is 0 Å². The van der Waals surface area contributed by atoms with Crippen LogP contribution in [0.4, 0.5) is 0 Å². The molecule has 0 aliphatic carbocycles. The van der Waals surface area contributed by atoms with E-state index < -0.39 is 97.5 Å². The summed E-state index contributed by atoms with van der Waals surface area (Å²) in [6.07, 6.45) is 57.2. The molecule has 0 aromatic heterocycles. The number of carbonyl (C=O) groups excluding carboxylic acids is 4. The summed E-state index contributed by atoms with van der Waals surface area (Å²) in [6, 6.07) is 0. The van der Waals surface area contributed by atoms with Gasteiger partial charge in [-0.05, 0) is 49.4 Å². The summed E-state index contributed by atoms with van der Waals surface area (Å²) in [5, 5.41) is 10.6. The van der Waals surface area contributed by atoms with Gasteiger partial charge in [0.1, 0.15) is 19.3 Å². The summed E-state index contributed by atoms with van der Waals surface area (Å²) >= 11 is 0. The lowest BCUT2D eigenvalue weighted by Crippen LogP contribution is -2.30. The third-order valence-corrected chi connectivity index (χ3v) is 21.4. The maximum absolute atomic E-state index is 13.1. The molecule has 5 unspecified atom stereocenters. The largest absolute Gasteiger partial charge is 0.472 e. The molecular formula is C81H158O17P2. The molecule has 0 aromatic carbocycles. The average molecular weight is 1470 g/mol. The van der Waals surface area contributed by atoms with Gasteiger partial charge in [0.15, 0.2) is 12.2 Å². The molecule has 0 amide bonds. The Bertz CT molecular complexity index is 1960. The second-order valence-electron chi connectivity index (χ2n) is 30.6. The molecule has 0 aliphatic heterocycles. The molecule has 0 fully saturated rings. The number of unbranched alkanes of at least 4 members (excludes halogenated alkanes) is 42. The normalized spacial score (nSPS) is 14.6. The van der Waals surface area contributed by atoms with Crippen LogP contribution < -0.4 is 0 Å². The van der Waals surface area contributed by atoms with Crippen LogP contribution in [0, 0.1) is 23.7 Å². The van der Waals surface area contributed by atoms with Crippen molar-refractivity contribution >= 4 is 39.5 Å². The predicted octanol–water partition coefficient (Wildman–Crippen LogP) is 24.0. The molecule has 0 saturated heterocycles. The number of hydrogen-bond acceptors (Lipinski definition) is 15. The molecule has 0 aromatic rings. The van der Waals surface area contributed by atoms with Crippen molar-refractivity contribution in [2.24, 2.45) is 23.7 Å². The van der Waals surface area contributed by atoms with Crippen LogP contribution in [0.1, 0.15) is 415 Å². The number of esters is 4. The van der Waals surface area contributed by atoms with Crippen LogP contribution in [0.25, 0.3) is 0 Å². The number of phosphoric acid groups is 2. The van der Waals surface area contributed by atoms with Gasteiger partial charge in [-0.2, -0.15) is 0 Å². The highest BCUT2D eigenvalue weighted by Gasteiger charge is 2.30. The molecule has 0 saturated carbocycles. The van der Waals surface area contributed by atoms with Crippen molar-refractivity contribution in [1.29, 1.82) is 0 Å². The van der Waals surface area contributed by atoms with E-state index in [-0.39, 0.29) is 25.7 Å². The standard InChI is InChI=1S/C81H158O17P2/c1-9-73(7)59-51-43-35-29-25-21-17-13-11-12-14-18-23-27-31-37-47-55-63-80(85)97-76(67-91-78(83)61-53-45-36-30-26-22-19-15-16-20-24-28-33-41-49-57-71(3)4)69-95-99(87,88)93-65-75(82)66-94-100(89,90)96-70-77(98-81(86)64-56-48-40-39-44-52-60-74(8)10-2)68-92-79(84)62-54-46-38-32-34-42-50-58-72(5)6/h71-77,82H,9-70H2,1-8H3,(H,87,88)(H,89,90)/t73?,74?,75?,76-,77-/m1/s1. The minimum atomic E-state index is -4.96. The summed E-state index contributed by atoms with van der Waals surface area (Å²) in [5.74, 6) is 0.983. The van der Waals surface area contributed by atoms with Gasteiger partial charge in [-0.25, -0.2) is 9.13 Å². The van der Waals surface area contributed by atoms with Crippen LogP contribution in [0.3, 0.4) is 0 Å². The lowest BCUT2D eigenvalue weighted by Gasteiger charge is -2.21. The van der Waals surface area contributed by atoms with E-state index in [1.807, 2.05) is 0 Å². The van der Waals surface area contributed by atoms with Gasteiger partial charge >= 0.3 is 39.5 Å². The van der Waals surface area contributed by atoms with E-state index in [0.29, 0.717) is 31.6 Å². The second-order valence-corrected chi connectivity index (χ2v) is 33.5. The summed E-state index contributed by atoms with van der Waals surface area (Å²) in [6.45, 7) is 14.2. The van der Waals surface area contributed by atoms with E-state index in [4.69, 9.17) is 37.0 Å². The number of hydrogen-bond donors (Lipinski definition) is 3. The Morgan fingerprint density at radius 1 is 0.280 bits per heavy atom. The molecule has 7 atom stereocenters. The van der Waals surface area contributed by atoms with E-state index >= 15 is 0 Å². The average Bonchev–Trinajstić information content (AvgIpc) is 1.57. The van der Waals surface area contributed by atoms with Crippen molar-refractivity contribution < 1.29 is 80.2 Å². The Labute approximate surface area is 613 Å². The van der Waals surface area contributed by atoms with Crippen molar-refractivity contribution in [3.8, 4) is 0 Å². The highest BCUT2D eigenvalue weighted by molar-refractivity contribution is 7.47. The molecule has 17 nitrogen and oxygen atoms in total. The molecule has 19 heteroatoms. The Hall–Kier alpha value is -1.94. The van der Waals surface area contributed by atoms with E-state index in [0.717, 1.165) is 114 Å². The third-order valence-electron chi connectivity index (χ3n) is 19.5. The Morgan fingerprint density at radius 3 is 0.710 bits per heavy atom. The number of ether oxygens (including phenoxy) is 4. The van der Waals surface area contributed by atoms with Crippen molar-refractivity contribution in [1.82, 2.24) is 0 Å². The zero-order valence-corrected chi connectivity index (χ0v) is 67.6. The molecule has 0 bridgehead atoms. The topological polar surface area (TPSA) is 237 Å². The van der Waals surface area contributed by atoms with Crippen molar-refractivity contribution in [3.05, 3.63) is 0 Å². The molecule has 0 radical (unpaired) electrons. The summed E-state index contributed by atoms with van der Waals surface area (Å²) in [5.41, 5.74) is 0. The van der Waals surface area contributed by atoms with E-state index in [2.05, 4.69) is 55.4 Å². The van der Waals surface area contributed by atoms with Gasteiger partial charge in [0.25, 0.3) is 0 Å². The minimum absolute atomic E-state index is 0.102. The fourth-order valence-corrected chi connectivity index (χ4v) is 13.9. The van der Waals surface area contributed by atoms with E-state index in [9.17, 15) is 43.2 Å².